The molecular weight excluding hydrogens is 348 g/mol. The Morgan fingerprint density at radius 2 is 1.77 bits per heavy atom. The zero-order chi connectivity index (χ0) is 18.5. The normalized spacial score (nSPS) is 10.7. The maximum absolute atomic E-state index is 6.12. The Balaban J connectivity index is 2.02. The Kier molecular flexibility index (Phi) is 5.58. The molecule has 0 fully saturated rings. The van der Waals surface area contributed by atoms with Gasteiger partial charge in [-0.05, 0) is 32.0 Å². The SMILES string of the molecule is COc1ccc(Cl)cc1Nc1nc(NC(C)C)cc(-c2ccccc2)n1. The van der Waals surface area contributed by atoms with Crippen molar-refractivity contribution in [3.8, 4) is 17.0 Å². The van der Waals surface area contributed by atoms with Gasteiger partial charge in [-0.25, -0.2) is 4.98 Å². The van der Waals surface area contributed by atoms with Gasteiger partial charge in [0, 0.05) is 22.7 Å². The number of hydrogen-bond acceptors (Lipinski definition) is 5. The smallest absolute Gasteiger partial charge is 0.229 e. The topological polar surface area (TPSA) is 59.1 Å². The van der Waals surface area contributed by atoms with Gasteiger partial charge in [0.25, 0.3) is 0 Å². The average molecular weight is 369 g/mol. The fourth-order valence-electron chi connectivity index (χ4n) is 2.53. The Morgan fingerprint density at radius 3 is 2.46 bits per heavy atom. The second kappa shape index (κ2) is 8.06. The summed E-state index contributed by atoms with van der Waals surface area (Å²) in [4.78, 5) is 9.22. The quantitative estimate of drug-likeness (QED) is 0.612. The number of methoxy groups -OCH3 is 1. The van der Waals surface area contributed by atoms with Crippen LogP contribution in [0.25, 0.3) is 11.3 Å². The molecule has 0 unspecified atom stereocenters. The minimum Gasteiger partial charge on any atom is -0.495 e. The van der Waals surface area contributed by atoms with Crippen molar-refractivity contribution in [2.45, 2.75) is 19.9 Å². The van der Waals surface area contributed by atoms with Gasteiger partial charge < -0.3 is 15.4 Å². The predicted molar refractivity (Wildman–Crippen MR) is 108 cm³/mol. The van der Waals surface area contributed by atoms with Crippen LogP contribution in [0.15, 0.2) is 54.6 Å². The lowest BCUT2D eigenvalue weighted by Gasteiger charge is -2.14. The molecule has 0 aliphatic heterocycles. The molecule has 0 amide bonds. The van der Waals surface area contributed by atoms with Gasteiger partial charge in [-0.2, -0.15) is 4.98 Å². The van der Waals surface area contributed by atoms with Gasteiger partial charge in [0.15, 0.2) is 0 Å². The van der Waals surface area contributed by atoms with Crippen LogP contribution in [0.4, 0.5) is 17.5 Å². The van der Waals surface area contributed by atoms with Gasteiger partial charge in [0.1, 0.15) is 11.6 Å². The standard InChI is InChI=1S/C20H21ClN4O/c1-13(2)22-19-12-16(14-7-5-4-6-8-14)23-20(25-19)24-17-11-15(21)9-10-18(17)26-3/h4-13H,1-3H3,(H2,22,23,24,25). The first kappa shape index (κ1) is 18.0. The number of ether oxygens (including phenoxy) is 1. The van der Waals surface area contributed by atoms with Crippen molar-refractivity contribution in [1.82, 2.24) is 9.97 Å². The molecule has 0 aliphatic carbocycles. The van der Waals surface area contributed by atoms with Crippen LogP contribution in [-0.2, 0) is 0 Å². The third kappa shape index (κ3) is 4.43. The molecule has 2 aromatic carbocycles. The summed E-state index contributed by atoms with van der Waals surface area (Å²) >= 11 is 6.12. The van der Waals surface area contributed by atoms with Gasteiger partial charge in [0.2, 0.25) is 5.95 Å². The summed E-state index contributed by atoms with van der Waals surface area (Å²) in [5, 5.41) is 7.15. The van der Waals surface area contributed by atoms with E-state index >= 15 is 0 Å². The maximum Gasteiger partial charge on any atom is 0.229 e. The molecule has 2 N–H and O–H groups in total. The van der Waals surface area contributed by atoms with Crippen LogP contribution in [0.3, 0.4) is 0 Å². The summed E-state index contributed by atoms with van der Waals surface area (Å²) < 4.78 is 5.39. The summed E-state index contributed by atoms with van der Waals surface area (Å²) in [6.45, 7) is 4.13. The van der Waals surface area contributed by atoms with E-state index in [4.69, 9.17) is 16.3 Å². The number of aromatic nitrogens is 2. The van der Waals surface area contributed by atoms with E-state index in [2.05, 4.69) is 34.4 Å². The van der Waals surface area contributed by atoms with E-state index in [-0.39, 0.29) is 6.04 Å². The molecule has 0 radical (unpaired) electrons. The molecule has 0 saturated carbocycles. The largest absolute Gasteiger partial charge is 0.495 e. The van der Waals surface area contributed by atoms with Crippen LogP contribution in [0, 0.1) is 0 Å². The van der Waals surface area contributed by atoms with Gasteiger partial charge in [-0.15, -0.1) is 0 Å². The molecule has 1 aromatic heterocycles. The number of nitrogens with zero attached hydrogens (tertiary/aromatic N) is 2. The number of benzene rings is 2. The maximum atomic E-state index is 6.12. The van der Waals surface area contributed by atoms with Crippen molar-refractivity contribution in [2.24, 2.45) is 0 Å². The minimum atomic E-state index is 0.252. The molecule has 5 nitrogen and oxygen atoms in total. The zero-order valence-corrected chi connectivity index (χ0v) is 15.7. The lowest BCUT2D eigenvalue weighted by molar-refractivity contribution is 0.417. The van der Waals surface area contributed by atoms with Gasteiger partial charge in [-0.3, -0.25) is 0 Å². The lowest BCUT2D eigenvalue weighted by atomic mass is 10.1. The number of nitrogens with one attached hydrogen (secondary N) is 2. The van der Waals surface area contributed by atoms with Gasteiger partial charge >= 0.3 is 0 Å². The Labute approximate surface area is 158 Å². The minimum absolute atomic E-state index is 0.252. The molecule has 134 valence electrons. The Hall–Kier alpha value is -2.79. The summed E-state index contributed by atoms with van der Waals surface area (Å²) in [6, 6.07) is 17.5. The van der Waals surface area contributed by atoms with Crippen molar-refractivity contribution in [1.29, 1.82) is 0 Å². The van der Waals surface area contributed by atoms with Crippen molar-refractivity contribution in [3.05, 3.63) is 59.6 Å². The van der Waals surface area contributed by atoms with Crippen molar-refractivity contribution in [3.63, 3.8) is 0 Å². The predicted octanol–water partition coefficient (Wildman–Crippen LogP) is 5.37. The van der Waals surface area contributed by atoms with Crippen LogP contribution in [0.5, 0.6) is 5.75 Å². The van der Waals surface area contributed by atoms with Crippen LogP contribution < -0.4 is 15.4 Å². The summed E-state index contributed by atoms with van der Waals surface area (Å²) in [5.74, 6) is 1.88. The number of hydrogen-bond donors (Lipinski definition) is 2. The monoisotopic (exact) mass is 368 g/mol. The van der Waals surface area contributed by atoms with E-state index < -0.39 is 0 Å². The van der Waals surface area contributed by atoms with E-state index in [1.807, 2.05) is 36.4 Å². The van der Waals surface area contributed by atoms with Crippen LogP contribution >= 0.6 is 11.6 Å². The summed E-state index contributed by atoms with van der Waals surface area (Å²) in [6.07, 6.45) is 0. The number of anilines is 3. The molecule has 6 heteroatoms. The number of rotatable bonds is 6. The highest BCUT2D eigenvalue weighted by Gasteiger charge is 2.11. The molecule has 3 rings (SSSR count). The molecular formula is C20H21ClN4O. The summed E-state index contributed by atoms with van der Waals surface area (Å²) in [5.41, 5.74) is 2.55. The van der Waals surface area contributed by atoms with Crippen molar-refractivity contribution >= 4 is 29.1 Å². The fourth-order valence-corrected chi connectivity index (χ4v) is 2.70. The molecule has 0 bridgehead atoms. The molecule has 3 aromatic rings. The lowest BCUT2D eigenvalue weighted by Crippen LogP contribution is -2.12. The highest BCUT2D eigenvalue weighted by atomic mass is 35.5. The first-order chi connectivity index (χ1) is 12.5. The van der Waals surface area contributed by atoms with E-state index in [0.29, 0.717) is 22.4 Å². The third-order valence-electron chi connectivity index (χ3n) is 3.64. The third-order valence-corrected chi connectivity index (χ3v) is 3.88. The van der Waals surface area contributed by atoms with E-state index in [0.717, 1.165) is 17.1 Å². The zero-order valence-electron chi connectivity index (χ0n) is 15.0. The van der Waals surface area contributed by atoms with Gasteiger partial charge in [-0.1, -0.05) is 41.9 Å². The van der Waals surface area contributed by atoms with E-state index in [1.54, 1.807) is 25.3 Å². The van der Waals surface area contributed by atoms with Crippen LogP contribution in [0.2, 0.25) is 5.02 Å². The molecule has 26 heavy (non-hydrogen) atoms. The molecule has 0 atom stereocenters. The molecule has 0 aliphatic rings. The van der Waals surface area contributed by atoms with Crippen molar-refractivity contribution < 1.29 is 4.74 Å². The highest BCUT2D eigenvalue weighted by Crippen LogP contribution is 2.31. The second-order valence-electron chi connectivity index (χ2n) is 6.10. The number of halogens is 1. The van der Waals surface area contributed by atoms with Crippen LogP contribution in [-0.4, -0.2) is 23.1 Å². The molecule has 1 heterocycles. The molecule has 0 saturated heterocycles. The Bertz CT molecular complexity index is 884. The van der Waals surface area contributed by atoms with Gasteiger partial charge in [0.05, 0.1) is 18.5 Å². The van der Waals surface area contributed by atoms with E-state index in [9.17, 15) is 0 Å². The first-order valence-corrected chi connectivity index (χ1v) is 8.74. The van der Waals surface area contributed by atoms with Crippen molar-refractivity contribution in [2.75, 3.05) is 17.7 Å². The Morgan fingerprint density at radius 1 is 1.00 bits per heavy atom. The first-order valence-electron chi connectivity index (χ1n) is 8.37. The second-order valence-corrected chi connectivity index (χ2v) is 6.53. The highest BCUT2D eigenvalue weighted by molar-refractivity contribution is 6.31. The van der Waals surface area contributed by atoms with E-state index in [1.165, 1.54) is 0 Å². The van der Waals surface area contributed by atoms with Crippen LogP contribution in [0.1, 0.15) is 13.8 Å². The summed E-state index contributed by atoms with van der Waals surface area (Å²) in [7, 11) is 1.61. The average Bonchev–Trinajstić information content (AvgIpc) is 2.62. The molecule has 0 spiro atoms. The fraction of sp³-hybridized carbons (Fsp3) is 0.200.